The molecule has 78 valence electrons. The standard InChI is InChI=1S/C11H14BrClO/c1-14-8-10(12)7-6-9-4-2-3-5-11(9)13/h2-5,10H,6-8H2,1H3. The summed E-state index contributed by atoms with van der Waals surface area (Å²) in [6, 6.07) is 7.96. The predicted molar refractivity (Wildman–Crippen MR) is 64.4 cm³/mol. The van der Waals surface area contributed by atoms with E-state index in [4.69, 9.17) is 16.3 Å². The van der Waals surface area contributed by atoms with Gasteiger partial charge in [-0.25, -0.2) is 0 Å². The number of alkyl halides is 1. The Hall–Kier alpha value is -0.0500. The van der Waals surface area contributed by atoms with Crippen molar-refractivity contribution in [2.24, 2.45) is 0 Å². The molecule has 1 aromatic rings. The highest BCUT2D eigenvalue weighted by atomic mass is 79.9. The fourth-order valence-electron chi connectivity index (χ4n) is 1.28. The van der Waals surface area contributed by atoms with Crippen LogP contribution < -0.4 is 0 Å². The molecule has 0 saturated carbocycles. The molecule has 1 atom stereocenters. The minimum Gasteiger partial charge on any atom is -0.384 e. The summed E-state index contributed by atoms with van der Waals surface area (Å²) in [5.74, 6) is 0. The van der Waals surface area contributed by atoms with Crippen LogP contribution in [0.4, 0.5) is 0 Å². The number of benzene rings is 1. The van der Waals surface area contributed by atoms with Crippen LogP contribution in [0.5, 0.6) is 0 Å². The van der Waals surface area contributed by atoms with Crippen LogP contribution in [-0.4, -0.2) is 18.5 Å². The smallest absolute Gasteiger partial charge is 0.0587 e. The van der Waals surface area contributed by atoms with Crippen LogP contribution >= 0.6 is 27.5 Å². The molecule has 1 aromatic carbocycles. The normalized spacial score (nSPS) is 12.8. The van der Waals surface area contributed by atoms with Crippen LogP contribution in [-0.2, 0) is 11.2 Å². The first-order chi connectivity index (χ1) is 6.74. The first-order valence-corrected chi connectivity index (χ1v) is 5.90. The number of hydrogen-bond acceptors (Lipinski definition) is 1. The van der Waals surface area contributed by atoms with Crippen molar-refractivity contribution < 1.29 is 4.74 Å². The number of methoxy groups -OCH3 is 1. The van der Waals surface area contributed by atoms with Crippen molar-refractivity contribution in [2.45, 2.75) is 17.7 Å². The maximum Gasteiger partial charge on any atom is 0.0587 e. The number of ether oxygens (including phenoxy) is 1. The van der Waals surface area contributed by atoms with Gasteiger partial charge in [-0.3, -0.25) is 0 Å². The molecule has 1 unspecified atom stereocenters. The van der Waals surface area contributed by atoms with Crippen molar-refractivity contribution >= 4 is 27.5 Å². The third kappa shape index (κ3) is 3.99. The number of halogens is 2. The van der Waals surface area contributed by atoms with Gasteiger partial charge in [0.25, 0.3) is 0 Å². The van der Waals surface area contributed by atoms with Crippen LogP contribution in [0.3, 0.4) is 0 Å². The van der Waals surface area contributed by atoms with E-state index in [-0.39, 0.29) is 0 Å². The zero-order valence-corrected chi connectivity index (χ0v) is 10.5. The van der Waals surface area contributed by atoms with Gasteiger partial charge in [0.05, 0.1) is 6.61 Å². The predicted octanol–water partition coefficient (Wildman–Crippen LogP) is 3.68. The van der Waals surface area contributed by atoms with Crippen LogP contribution in [0.15, 0.2) is 24.3 Å². The van der Waals surface area contributed by atoms with Crippen molar-refractivity contribution in [1.29, 1.82) is 0 Å². The van der Waals surface area contributed by atoms with Crippen LogP contribution in [0.2, 0.25) is 5.02 Å². The summed E-state index contributed by atoms with van der Waals surface area (Å²) in [6.07, 6.45) is 2.02. The van der Waals surface area contributed by atoms with Crippen LogP contribution in [0.25, 0.3) is 0 Å². The Morgan fingerprint density at radius 3 is 2.79 bits per heavy atom. The summed E-state index contributed by atoms with van der Waals surface area (Å²) in [5, 5.41) is 0.851. The van der Waals surface area contributed by atoms with E-state index in [9.17, 15) is 0 Å². The third-order valence-electron chi connectivity index (χ3n) is 2.03. The first kappa shape index (κ1) is 12.0. The molecular formula is C11H14BrClO. The summed E-state index contributed by atoms with van der Waals surface area (Å²) >= 11 is 9.59. The molecule has 0 aliphatic carbocycles. The fraction of sp³-hybridized carbons (Fsp3) is 0.455. The van der Waals surface area contributed by atoms with Gasteiger partial charge in [-0.15, -0.1) is 0 Å². The van der Waals surface area contributed by atoms with E-state index in [1.807, 2.05) is 18.2 Å². The van der Waals surface area contributed by atoms with E-state index in [2.05, 4.69) is 22.0 Å². The molecule has 0 saturated heterocycles. The number of hydrogen-bond donors (Lipinski definition) is 0. The highest BCUT2D eigenvalue weighted by Gasteiger charge is 2.05. The van der Waals surface area contributed by atoms with Crippen molar-refractivity contribution in [3.63, 3.8) is 0 Å². The van der Waals surface area contributed by atoms with E-state index in [1.54, 1.807) is 7.11 Å². The maximum atomic E-state index is 6.04. The molecule has 0 heterocycles. The topological polar surface area (TPSA) is 9.23 Å². The summed E-state index contributed by atoms with van der Waals surface area (Å²) in [6.45, 7) is 0.741. The zero-order valence-electron chi connectivity index (χ0n) is 8.17. The van der Waals surface area contributed by atoms with E-state index in [1.165, 1.54) is 5.56 Å². The lowest BCUT2D eigenvalue weighted by Gasteiger charge is -2.08. The number of rotatable bonds is 5. The third-order valence-corrected chi connectivity index (χ3v) is 3.12. The quantitative estimate of drug-likeness (QED) is 0.746. The van der Waals surface area contributed by atoms with Gasteiger partial charge in [-0.2, -0.15) is 0 Å². The average Bonchev–Trinajstić information content (AvgIpc) is 2.17. The summed E-state index contributed by atoms with van der Waals surface area (Å²) < 4.78 is 5.04. The molecule has 0 bridgehead atoms. The average molecular weight is 278 g/mol. The largest absolute Gasteiger partial charge is 0.384 e. The van der Waals surface area contributed by atoms with Gasteiger partial charge in [0, 0.05) is 17.0 Å². The second kappa shape index (κ2) is 6.44. The maximum absolute atomic E-state index is 6.04. The first-order valence-electron chi connectivity index (χ1n) is 4.60. The van der Waals surface area contributed by atoms with Gasteiger partial charge in [-0.1, -0.05) is 45.7 Å². The number of aryl methyl sites for hydroxylation is 1. The van der Waals surface area contributed by atoms with Crippen molar-refractivity contribution in [2.75, 3.05) is 13.7 Å². The Bertz CT molecular complexity index is 278. The van der Waals surface area contributed by atoms with Gasteiger partial charge in [0.1, 0.15) is 0 Å². The van der Waals surface area contributed by atoms with E-state index in [0.29, 0.717) is 4.83 Å². The molecule has 0 aliphatic rings. The summed E-state index contributed by atoms with van der Waals surface area (Å²) in [4.78, 5) is 0.406. The van der Waals surface area contributed by atoms with Crippen LogP contribution in [0, 0.1) is 0 Å². The van der Waals surface area contributed by atoms with E-state index in [0.717, 1.165) is 24.5 Å². The van der Waals surface area contributed by atoms with Gasteiger partial charge >= 0.3 is 0 Å². The molecule has 1 nitrogen and oxygen atoms in total. The second-order valence-corrected chi connectivity index (χ2v) is 4.88. The van der Waals surface area contributed by atoms with Crippen molar-refractivity contribution in [1.82, 2.24) is 0 Å². The molecule has 0 spiro atoms. The molecule has 1 rings (SSSR count). The Labute approximate surface area is 98.5 Å². The fourth-order valence-corrected chi connectivity index (χ4v) is 2.00. The minimum absolute atomic E-state index is 0.406. The van der Waals surface area contributed by atoms with Crippen molar-refractivity contribution in [3.8, 4) is 0 Å². The lowest BCUT2D eigenvalue weighted by Crippen LogP contribution is -2.07. The molecular weight excluding hydrogens is 263 g/mol. The minimum atomic E-state index is 0.406. The Balaban J connectivity index is 2.41. The molecule has 0 radical (unpaired) electrons. The SMILES string of the molecule is COCC(Br)CCc1ccccc1Cl. The van der Waals surface area contributed by atoms with Crippen LogP contribution in [0.1, 0.15) is 12.0 Å². The molecule has 3 heteroatoms. The van der Waals surface area contributed by atoms with Gasteiger partial charge < -0.3 is 4.74 Å². The van der Waals surface area contributed by atoms with Gasteiger partial charge in [-0.05, 0) is 24.5 Å². The van der Waals surface area contributed by atoms with Crippen molar-refractivity contribution in [3.05, 3.63) is 34.9 Å². The Morgan fingerprint density at radius 2 is 2.14 bits per heavy atom. The lowest BCUT2D eigenvalue weighted by atomic mass is 10.1. The van der Waals surface area contributed by atoms with E-state index >= 15 is 0 Å². The lowest BCUT2D eigenvalue weighted by molar-refractivity contribution is 0.198. The monoisotopic (exact) mass is 276 g/mol. The van der Waals surface area contributed by atoms with Gasteiger partial charge in [0.15, 0.2) is 0 Å². The van der Waals surface area contributed by atoms with E-state index < -0.39 is 0 Å². The second-order valence-electron chi connectivity index (χ2n) is 3.18. The molecule has 0 amide bonds. The summed E-state index contributed by atoms with van der Waals surface area (Å²) in [7, 11) is 1.71. The highest BCUT2D eigenvalue weighted by Crippen LogP contribution is 2.18. The molecule has 0 N–H and O–H groups in total. The Kier molecular flexibility index (Phi) is 5.53. The molecule has 0 fully saturated rings. The Morgan fingerprint density at radius 1 is 1.43 bits per heavy atom. The highest BCUT2D eigenvalue weighted by molar-refractivity contribution is 9.09. The zero-order chi connectivity index (χ0) is 10.4. The molecule has 0 aliphatic heterocycles. The molecule has 14 heavy (non-hydrogen) atoms. The van der Waals surface area contributed by atoms with Gasteiger partial charge in [0.2, 0.25) is 0 Å². The summed E-state index contributed by atoms with van der Waals surface area (Å²) in [5.41, 5.74) is 1.20. The molecule has 0 aromatic heterocycles.